The molecule has 1 aliphatic rings. The summed E-state index contributed by atoms with van der Waals surface area (Å²) in [5, 5.41) is 3.16. The number of benzene rings is 1. The van der Waals surface area contributed by atoms with Crippen molar-refractivity contribution in [1.82, 2.24) is 4.98 Å². The van der Waals surface area contributed by atoms with Gasteiger partial charge in [-0.2, -0.15) is 13.2 Å². The van der Waals surface area contributed by atoms with Gasteiger partial charge in [-0.3, -0.25) is 4.79 Å². The zero-order valence-corrected chi connectivity index (χ0v) is 16.9. The molecule has 1 aromatic carbocycles. The zero-order chi connectivity index (χ0) is 21.2. The maximum atomic E-state index is 12.8. The Morgan fingerprint density at radius 2 is 1.90 bits per heavy atom. The van der Waals surface area contributed by atoms with Crippen molar-refractivity contribution in [3.05, 3.63) is 46.1 Å². The Bertz CT molecular complexity index is 901. The van der Waals surface area contributed by atoms with Crippen molar-refractivity contribution in [1.29, 1.82) is 0 Å². The van der Waals surface area contributed by atoms with Crippen LogP contribution in [0.15, 0.2) is 30.5 Å². The van der Waals surface area contributed by atoms with E-state index >= 15 is 0 Å². The second-order valence-corrected chi connectivity index (χ2v) is 7.44. The highest BCUT2D eigenvalue weighted by atomic mass is 35.5. The quantitative estimate of drug-likeness (QED) is 0.693. The Morgan fingerprint density at radius 1 is 1.21 bits per heavy atom. The fourth-order valence-electron chi connectivity index (χ4n) is 3.16. The number of hydrogen-bond donors (Lipinski definition) is 1. The first kappa shape index (κ1) is 21.5. The molecule has 0 saturated carbocycles. The molecule has 1 fully saturated rings. The Morgan fingerprint density at radius 3 is 2.45 bits per heavy atom. The molecule has 0 atom stereocenters. The second-order valence-electron chi connectivity index (χ2n) is 6.63. The highest BCUT2D eigenvalue weighted by molar-refractivity contribution is 6.33. The molecule has 0 unspecified atom stereocenters. The van der Waals surface area contributed by atoms with Gasteiger partial charge < -0.3 is 15.0 Å². The number of amides is 1. The minimum Gasteiger partial charge on any atom is -0.495 e. The number of halogens is 5. The third-order valence-electron chi connectivity index (χ3n) is 4.73. The Kier molecular flexibility index (Phi) is 6.43. The summed E-state index contributed by atoms with van der Waals surface area (Å²) in [6.45, 7) is 0.916. The summed E-state index contributed by atoms with van der Waals surface area (Å²) >= 11 is 12.1. The average molecular weight is 448 g/mol. The van der Waals surface area contributed by atoms with Gasteiger partial charge in [0.05, 0.1) is 22.7 Å². The van der Waals surface area contributed by atoms with Crippen LogP contribution in [0, 0.1) is 5.92 Å². The summed E-state index contributed by atoms with van der Waals surface area (Å²) in [6, 6.07) is 5.85. The number of hydrogen-bond acceptors (Lipinski definition) is 4. The summed E-state index contributed by atoms with van der Waals surface area (Å²) in [7, 11) is 1.50. The van der Waals surface area contributed by atoms with Crippen LogP contribution < -0.4 is 15.0 Å². The van der Waals surface area contributed by atoms with Gasteiger partial charge in [-0.1, -0.05) is 23.2 Å². The van der Waals surface area contributed by atoms with Gasteiger partial charge in [0.2, 0.25) is 5.91 Å². The van der Waals surface area contributed by atoms with Crippen LogP contribution in [0.4, 0.5) is 24.7 Å². The monoisotopic (exact) mass is 447 g/mol. The van der Waals surface area contributed by atoms with Gasteiger partial charge in [0.1, 0.15) is 11.6 Å². The molecule has 29 heavy (non-hydrogen) atoms. The Labute approximate surface area is 175 Å². The molecule has 2 aromatic rings. The van der Waals surface area contributed by atoms with E-state index in [0.717, 1.165) is 12.3 Å². The van der Waals surface area contributed by atoms with Crippen LogP contribution in [0.25, 0.3) is 0 Å². The largest absolute Gasteiger partial charge is 0.495 e. The van der Waals surface area contributed by atoms with Gasteiger partial charge in [-0.25, -0.2) is 4.98 Å². The summed E-state index contributed by atoms with van der Waals surface area (Å²) in [5.41, 5.74) is -0.325. The maximum Gasteiger partial charge on any atom is 0.417 e. The molecule has 1 N–H and O–H groups in total. The zero-order valence-electron chi connectivity index (χ0n) is 15.4. The van der Waals surface area contributed by atoms with Gasteiger partial charge in [-0.05, 0) is 37.1 Å². The molecule has 2 heterocycles. The summed E-state index contributed by atoms with van der Waals surface area (Å²) < 4.78 is 43.4. The van der Waals surface area contributed by atoms with Crippen LogP contribution in [-0.4, -0.2) is 31.1 Å². The topological polar surface area (TPSA) is 54.5 Å². The number of anilines is 2. The van der Waals surface area contributed by atoms with Gasteiger partial charge in [0.25, 0.3) is 0 Å². The van der Waals surface area contributed by atoms with Crippen molar-refractivity contribution in [3.8, 4) is 5.75 Å². The lowest BCUT2D eigenvalue weighted by Gasteiger charge is -2.32. The number of nitrogens with one attached hydrogen (secondary N) is 1. The third-order valence-corrected chi connectivity index (χ3v) is 5.31. The number of ether oxygens (including phenoxy) is 1. The molecule has 1 aliphatic heterocycles. The van der Waals surface area contributed by atoms with E-state index in [1.165, 1.54) is 7.11 Å². The number of carbonyl (C=O) groups excluding carboxylic acids is 1. The fraction of sp³-hybridized carbons (Fsp3) is 0.368. The Balaban J connectivity index is 1.60. The first-order valence-electron chi connectivity index (χ1n) is 8.81. The van der Waals surface area contributed by atoms with Crippen molar-refractivity contribution in [2.45, 2.75) is 19.0 Å². The highest BCUT2D eigenvalue weighted by Crippen LogP contribution is 2.35. The third kappa shape index (κ3) is 5.05. The number of carbonyl (C=O) groups is 1. The van der Waals surface area contributed by atoms with E-state index in [2.05, 4.69) is 10.3 Å². The van der Waals surface area contributed by atoms with Crippen molar-refractivity contribution >= 4 is 40.6 Å². The number of piperidine rings is 1. The number of rotatable bonds is 4. The minimum atomic E-state index is -4.50. The molecule has 10 heteroatoms. The molecular formula is C19H18Cl2F3N3O2. The van der Waals surface area contributed by atoms with E-state index in [1.807, 2.05) is 0 Å². The van der Waals surface area contributed by atoms with Gasteiger partial charge in [-0.15, -0.1) is 0 Å². The SMILES string of the molecule is COc1ccc(NC(=O)C2CCN(c3ncc(C(F)(F)F)cc3Cl)CC2)cc1Cl. The van der Waals surface area contributed by atoms with Gasteiger partial charge in [0, 0.05) is 30.9 Å². The van der Waals surface area contributed by atoms with Crippen LogP contribution in [0.1, 0.15) is 18.4 Å². The molecule has 1 amide bonds. The van der Waals surface area contributed by atoms with Crippen molar-refractivity contribution in [3.63, 3.8) is 0 Å². The molecule has 0 bridgehead atoms. The van der Waals surface area contributed by atoms with Crippen molar-refractivity contribution < 1.29 is 22.7 Å². The molecule has 3 rings (SSSR count). The average Bonchev–Trinajstić information content (AvgIpc) is 2.67. The molecule has 156 valence electrons. The van der Waals surface area contributed by atoms with E-state index in [-0.39, 0.29) is 16.8 Å². The predicted octanol–water partition coefficient (Wildman–Crippen LogP) is 5.27. The summed E-state index contributed by atoms with van der Waals surface area (Å²) in [5.74, 6) is 0.428. The van der Waals surface area contributed by atoms with E-state index < -0.39 is 11.7 Å². The molecule has 5 nitrogen and oxygen atoms in total. The van der Waals surface area contributed by atoms with E-state index in [0.29, 0.717) is 48.2 Å². The number of pyridine rings is 1. The molecule has 1 aromatic heterocycles. The molecular weight excluding hydrogens is 430 g/mol. The lowest BCUT2D eigenvalue weighted by molar-refractivity contribution is -0.137. The standard InChI is InChI=1S/C19H18Cl2F3N3O2/c1-29-16-3-2-13(9-14(16)20)26-18(28)11-4-6-27(7-5-11)17-15(21)8-12(10-25-17)19(22,23)24/h2-3,8-11H,4-7H2,1H3,(H,26,28). The fourth-order valence-corrected chi connectivity index (χ4v) is 3.70. The van der Waals surface area contributed by atoms with Crippen LogP contribution in [-0.2, 0) is 11.0 Å². The number of methoxy groups -OCH3 is 1. The van der Waals surface area contributed by atoms with Crippen molar-refractivity contribution in [2.75, 3.05) is 30.4 Å². The molecule has 0 spiro atoms. The second kappa shape index (κ2) is 8.67. The van der Waals surface area contributed by atoms with Gasteiger partial charge in [0.15, 0.2) is 0 Å². The Hall–Kier alpha value is -2.19. The van der Waals surface area contributed by atoms with Crippen LogP contribution in [0.3, 0.4) is 0 Å². The highest BCUT2D eigenvalue weighted by Gasteiger charge is 2.33. The maximum absolute atomic E-state index is 12.8. The number of aromatic nitrogens is 1. The first-order valence-corrected chi connectivity index (χ1v) is 9.56. The molecule has 1 saturated heterocycles. The smallest absolute Gasteiger partial charge is 0.417 e. The van der Waals surface area contributed by atoms with E-state index in [9.17, 15) is 18.0 Å². The molecule has 0 aliphatic carbocycles. The molecule has 0 radical (unpaired) electrons. The van der Waals surface area contributed by atoms with Crippen LogP contribution in [0.5, 0.6) is 5.75 Å². The minimum absolute atomic E-state index is 0.0596. The van der Waals surface area contributed by atoms with E-state index in [1.54, 1.807) is 23.1 Å². The van der Waals surface area contributed by atoms with Crippen LogP contribution >= 0.6 is 23.2 Å². The normalized spacial score (nSPS) is 15.3. The van der Waals surface area contributed by atoms with Gasteiger partial charge >= 0.3 is 6.18 Å². The number of alkyl halides is 3. The summed E-state index contributed by atoms with van der Waals surface area (Å²) in [6.07, 6.45) is -2.68. The van der Waals surface area contributed by atoms with Crippen LogP contribution in [0.2, 0.25) is 10.0 Å². The summed E-state index contributed by atoms with van der Waals surface area (Å²) in [4.78, 5) is 18.2. The predicted molar refractivity (Wildman–Crippen MR) is 106 cm³/mol. The van der Waals surface area contributed by atoms with Crippen molar-refractivity contribution in [2.24, 2.45) is 5.92 Å². The lowest BCUT2D eigenvalue weighted by Crippen LogP contribution is -2.38. The lowest BCUT2D eigenvalue weighted by atomic mass is 9.95. The number of nitrogens with zero attached hydrogens (tertiary/aromatic N) is 2. The van der Waals surface area contributed by atoms with E-state index in [4.69, 9.17) is 27.9 Å². The first-order chi connectivity index (χ1) is 13.7.